The molecular formula is C17H29N3O. The first-order valence-corrected chi connectivity index (χ1v) is 8.12. The number of ether oxygens (including phenoxy) is 1. The molecule has 1 aliphatic rings. The Kier molecular flexibility index (Phi) is 7.00. The molecule has 0 amide bonds. The average Bonchev–Trinajstić information content (AvgIpc) is 2.71. The van der Waals surface area contributed by atoms with Crippen molar-refractivity contribution in [1.29, 1.82) is 0 Å². The van der Waals surface area contributed by atoms with E-state index in [0.717, 1.165) is 45.1 Å². The van der Waals surface area contributed by atoms with Crippen LogP contribution in [0, 0.1) is 0 Å². The minimum absolute atomic E-state index is 0.771. The van der Waals surface area contributed by atoms with Crippen LogP contribution in [0.15, 0.2) is 24.3 Å². The maximum Gasteiger partial charge on any atom is 0.123 e. The highest BCUT2D eigenvalue weighted by Gasteiger charge is 2.12. The summed E-state index contributed by atoms with van der Waals surface area (Å²) in [7, 11) is 2.21. The van der Waals surface area contributed by atoms with E-state index in [2.05, 4.69) is 47.3 Å². The summed E-state index contributed by atoms with van der Waals surface area (Å²) in [6.45, 7) is 10.5. The summed E-state index contributed by atoms with van der Waals surface area (Å²) in [6.07, 6.45) is 1.26. The number of para-hydroxylation sites is 1. The maximum absolute atomic E-state index is 6.01. The highest BCUT2D eigenvalue weighted by atomic mass is 16.5. The number of benzene rings is 1. The van der Waals surface area contributed by atoms with Gasteiger partial charge >= 0.3 is 0 Å². The Morgan fingerprint density at radius 3 is 2.86 bits per heavy atom. The molecule has 0 aromatic heterocycles. The summed E-state index contributed by atoms with van der Waals surface area (Å²) in [5.74, 6) is 1.02. The highest BCUT2D eigenvalue weighted by molar-refractivity contribution is 5.33. The Bertz CT molecular complexity index is 411. The molecule has 4 heteroatoms. The first kappa shape index (κ1) is 16.3. The van der Waals surface area contributed by atoms with Crippen LogP contribution in [-0.4, -0.2) is 62.7 Å². The third-order valence-corrected chi connectivity index (χ3v) is 4.02. The topological polar surface area (TPSA) is 27.7 Å². The normalized spacial score (nSPS) is 17.6. The Labute approximate surface area is 129 Å². The van der Waals surface area contributed by atoms with E-state index in [1.165, 1.54) is 25.1 Å². The fraction of sp³-hybridized carbons (Fsp3) is 0.647. The zero-order valence-corrected chi connectivity index (χ0v) is 13.5. The number of likely N-dealkylation sites (N-methyl/N-ethyl adjacent to an activating group) is 1. The Hall–Kier alpha value is -1.10. The van der Waals surface area contributed by atoms with Crippen molar-refractivity contribution >= 4 is 0 Å². The average molecular weight is 291 g/mol. The van der Waals surface area contributed by atoms with E-state index in [4.69, 9.17) is 4.74 Å². The van der Waals surface area contributed by atoms with Crippen molar-refractivity contribution in [3.63, 3.8) is 0 Å². The molecule has 1 aliphatic heterocycles. The first-order chi connectivity index (χ1) is 10.3. The van der Waals surface area contributed by atoms with E-state index >= 15 is 0 Å². The minimum Gasteiger partial charge on any atom is -0.492 e. The molecule has 0 spiro atoms. The van der Waals surface area contributed by atoms with Gasteiger partial charge < -0.3 is 15.0 Å². The molecule has 1 fully saturated rings. The number of hydrogen-bond donors (Lipinski definition) is 1. The Morgan fingerprint density at radius 1 is 1.14 bits per heavy atom. The predicted octanol–water partition coefficient (Wildman–Crippen LogP) is 1.81. The standard InChI is InChI=1S/C17H29N3O/c1-3-18-15-16-7-4-5-8-17(16)21-14-13-20-10-6-9-19(2)11-12-20/h4-5,7-8,18H,3,6,9-15H2,1-2H3. The fourth-order valence-electron chi connectivity index (χ4n) is 2.66. The molecule has 1 aromatic carbocycles. The molecule has 0 saturated carbocycles. The predicted molar refractivity (Wildman–Crippen MR) is 87.9 cm³/mol. The van der Waals surface area contributed by atoms with Gasteiger partial charge in [0.25, 0.3) is 0 Å². The van der Waals surface area contributed by atoms with Crippen LogP contribution in [0.4, 0.5) is 0 Å². The molecule has 4 nitrogen and oxygen atoms in total. The summed E-state index contributed by atoms with van der Waals surface area (Å²) >= 11 is 0. The van der Waals surface area contributed by atoms with Crippen LogP contribution in [0.25, 0.3) is 0 Å². The van der Waals surface area contributed by atoms with Gasteiger partial charge in [-0.3, -0.25) is 4.90 Å². The number of nitrogens with zero attached hydrogens (tertiary/aromatic N) is 2. The van der Waals surface area contributed by atoms with Crippen molar-refractivity contribution < 1.29 is 4.74 Å². The Balaban J connectivity index is 1.77. The molecular weight excluding hydrogens is 262 g/mol. The third kappa shape index (κ3) is 5.65. The van der Waals surface area contributed by atoms with Crippen LogP contribution in [0.3, 0.4) is 0 Å². The van der Waals surface area contributed by atoms with E-state index in [9.17, 15) is 0 Å². The highest BCUT2D eigenvalue weighted by Crippen LogP contribution is 2.17. The second kappa shape index (κ2) is 9.03. The van der Waals surface area contributed by atoms with E-state index < -0.39 is 0 Å². The quantitative estimate of drug-likeness (QED) is 0.829. The van der Waals surface area contributed by atoms with Gasteiger partial charge in [-0.05, 0) is 39.2 Å². The van der Waals surface area contributed by atoms with Crippen LogP contribution in [0.2, 0.25) is 0 Å². The zero-order valence-electron chi connectivity index (χ0n) is 13.5. The molecule has 0 atom stereocenters. The largest absolute Gasteiger partial charge is 0.492 e. The zero-order chi connectivity index (χ0) is 14.9. The summed E-state index contributed by atoms with van der Waals surface area (Å²) in [5.41, 5.74) is 1.25. The van der Waals surface area contributed by atoms with Crippen molar-refractivity contribution in [2.75, 3.05) is 52.9 Å². The van der Waals surface area contributed by atoms with Crippen LogP contribution >= 0.6 is 0 Å². The molecule has 0 radical (unpaired) electrons. The van der Waals surface area contributed by atoms with Gasteiger partial charge in [-0.25, -0.2) is 0 Å². The Morgan fingerprint density at radius 2 is 2.00 bits per heavy atom. The van der Waals surface area contributed by atoms with Gasteiger partial charge in [-0.1, -0.05) is 25.1 Å². The minimum atomic E-state index is 0.771. The second-order valence-electron chi connectivity index (χ2n) is 5.73. The van der Waals surface area contributed by atoms with E-state index in [0.29, 0.717) is 0 Å². The molecule has 1 N–H and O–H groups in total. The van der Waals surface area contributed by atoms with Gasteiger partial charge in [0.05, 0.1) is 0 Å². The summed E-state index contributed by atoms with van der Waals surface area (Å²) in [4.78, 5) is 4.92. The van der Waals surface area contributed by atoms with E-state index in [-0.39, 0.29) is 0 Å². The van der Waals surface area contributed by atoms with Crippen molar-refractivity contribution in [3.8, 4) is 5.75 Å². The molecule has 118 valence electrons. The second-order valence-corrected chi connectivity index (χ2v) is 5.73. The smallest absolute Gasteiger partial charge is 0.123 e. The van der Waals surface area contributed by atoms with Crippen molar-refractivity contribution in [3.05, 3.63) is 29.8 Å². The van der Waals surface area contributed by atoms with Crippen molar-refractivity contribution in [2.24, 2.45) is 0 Å². The molecule has 0 unspecified atom stereocenters. The molecule has 1 saturated heterocycles. The lowest BCUT2D eigenvalue weighted by Crippen LogP contribution is -2.32. The van der Waals surface area contributed by atoms with Gasteiger partial charge in [-0.15, -0.1) is 0 Å². The van der Waals surface area contributed by atoms with Gasteiger partial charge in [-0.2, -0.15) is 0 Å². The van der Waals surface area contributed by atoms with Crippen molar-refractivity contribution in [1.82, 2.24) is 15.1 Å². The van der Waals surface area contributed by atoms with Gasteiger partial charge in [0.2, 0.25) is 0 Å². The number of hydrogen-bond acceptors (Lipinski definition) is 4. The van der Waals surface area contributed by atoms with Gasteiger partial charge in [0.1, 0.15) is 12.4 Å². The first-order valence-electron chi connectivity index (χ1n) is 8.12. The third-order valence-electron chi connectivity index (χ3n) is 4.02. The van der Waals surface area contributed by atoms with Gasteiger partial charge in [0.15, 0.2) is 0 Å². The molecule has 1 heterocycles. The molecule has 0 bridgehead atoms. The lowest BCUT2D eigenvalue weighted by atomic mass is 10.2. The maximum atomic E-state index is 6.01. The lowest BCUT2D eigenvalue weighted by Gasteiger charge is -2.20. The van der Waals surface area contributed by atoms with Crippen LogP contribution < -0.4 is 10.1 Å². The van der Waals surface area contributed by atoms with E-state index in [1.807, 2.05) is 6.07 Å². The monoisotopic (exact) mass is 291 g/mol. The molecule has 0 aliphatic carbocycles. The summed E-state index contributed by atoms with van der Waals surface area (Å²) in [5, 5.41) is 3.36. The molecule has 1 aromatic rings. The van der Waals surface area contributed by atoms with Crippen LogP contribution in [0.5, 0.6) is 5.75 Å². The number of rotatable bonds is 7. The van der Waals surface area contributed by atoms with Crippen LogP contribution in [-0.2, 0) is 6.54 Å². The molecule has 21 heavy (non-hydrogen) atoms. The number of nitrogens with one attached hydrogen (secondary N) is 1. The van der Waals surface area contributed by atoms with Crippen molar-refractivity contribution in [2.45, 2.75) is 19.9 Å². The van der Waals surface area contributed by atoms with Gasteiger partial charge in [0, 0.05) is 31.7 Å². The SMILES string of the molecule is CCNCc1ccccc1OCCN1CCCN(C)CC1. The summed E-state index contributed by atoms with van der Waals surface area (Å²) < 4.78 is 6.01. The lowest BCUT2D eigenvalue weighted by molar-refractivity contribution is 0.211. The fourth-order valence-corrected chi connectivity index (χ4v) is 2.66. The van der Waals surface area contributed by atoms with E-state index in [1.54, 1.807) is 0 Å². The summed E-state index contributed by atoms with van der Waals surface area (Å²) in [6, 6.07) is 8.33. The van der Waals surface area contributed by atoms with Crippen LogP contribution in [0.1, 0.15) is 18.9 Å². The molecule has 2 rings (SSSR count).